The molecule has 1 aromatic heterocycles. The van der Waals surface area contributed by atoms with Crippen LogP contribution in [0.25, 0.3) is 0 Å². The molecular weight excluding hydrogens is 208 g/mol. The average molecular weight is 229 g/mol. The smallest absolute Gasteiger partial charge is 0.106 e. The van der Waals surface area contributed by atoms with Crippen LogP contribution in [-0.2, 0) is 12.3 Å². The van der Waals surface area contributed by atoms with Gasteiger partial charge in [-0.05, 0) is 6.42 Å². The Morgan fingerprint density at radius 2 is 1.93 bits per heavy atom. The number of imidazole rings is 1. The molecule has 0 unspecified atom stereocenters. The van der Waals surface area contributed by atoms with Gasteiger partial charge in [-0.15, -0.1) is 11.6 Å². The molecule has 0 amide bonds. The highest BCUT2D eigenvalue weighted by atomic mass is 35.5. The van der Waals surface area contributed by atoms with Crippen molar-refractivity contribution in [2.45, 2.75) is 57.7 Å². The maximum Gasteiger partial charge on any atom is 0.106 e. The molecule has 0 aliphatic carbocycles. The zero-order chi connectivity index (χ0) is 10.9. The molecule has 2 nitrogen and oxygen atoms in total. The van der Waals surface area contributed by atoms with Crippen LogP contribution >= 0.6 is 11.6 Å². The highest BCUT2D eigenvalue weighted by molar-refractivity contribution is 6.16. The van der Waals surface area contributed by atoms with E-state index in [1.54, 1.807) is 0 Å². The van der Waals surface area contributed by atoms with E-state index in [9.17, 15) is 0 Å². The number of nitrogens with one attached hydrogen (secondary N) is 1. The Labute approximate surface area is 97.4 Å². The first kappa shape index (κ1) is 12.6. The quantitative estimate of drug-likeness (QED) is 0.528. The SMILES string of the molecule is CCCCCCCCc1ncc(CCl)[nH]1. The van der Waals surface area contributed by atoms with Gasteiger partial charge < -0.3 is 4.98 Å². The predicted octanol–water partition coefficient (Wildman–Crippen LogP) is 4.05. The lowest BCUT2D eigenvalue weighted by Crippen LogP contribution is -1.89. The van der Waals surface area contributed by atoms with E-state index in [1.165, 1.54) is 38.5 Å². The van der Waals surface area contributed by atoms with E-state index in [1.807, 2.05) is 6.20 Å². The number of halogens is 1. The van der Waals surface area contributed by atoms with Crippen LogP contribution < -0.4 is 0 Å². The van der Waals surface area contributed by atoms with Crippen LogP contribution in [0.3, 0.4) is 0 Å². The zero-order valence-electron chi connectivity index (χ0n) is 9.56. The van der Waals surface area contributed by atoms with Crippen LogP contribution in [0, 0.1) is 0 Å². The zero-order valence-corrected chi connectivity index (χ0v) is 10.3. The Hall–Kier alpha value is -0.500. The summed E-state index contributed by atoms with van der Waals surface area (Å²) in [5.41, 5.74) is 1.03. The second-order valence-corrected chi connectivity index (χ2v) is 4.27. The molecule has 1 N–H and O–H groups in total. The molecule has 86 valence electrons. The van der Waals surface area contributed by atoms with Crippen LogP contribution in [0.15, 0.2) is 6.20 Å². The Morgan fingerprint density at radius 3 is 2.60 bits per heavy atom. The number of rotatable bonds is 8. The largest absolute Gasteiger partial charge is 0.345 e. The maximum atomic E-state index is 5.69. The van der Waals surface area contributed by atoms with Crippen LogP contribution in [0.1, 0.15) is 57.0 Å². The monoisotopic (exact) mass is 228 g/mol. The second-order valence-electron chi connectivity index (χ2n) is 4.01. The summed E-state index contributed by atoms with van der Waals surface area (Å²) in [4.78, 5) is 7.50. The summed E-state index contributed by atoms with van der Waals surface area (Å²) in [7, 11) is 0. The third-order valence-electron chi connectivity index (χ3n) is 2.59. The standard InChI is InChI=1S/C12H21ClN2/c1-2-3-4-5-6-7-8-12-14-10-11(9-13)15-12/h10H,2-9H2,1H3,(H,14,15). The topological polar surface area (TPSA) is 28.7 Å². The molecule has 0 aromatic carbocycles. The van der Waals surface area contributed by atoms with Gasteiger partial charge in [0.25, 0.3) is 0 Å². The number of unbranched alkanes of at least 4 members (excludes halogenated alkanes) is 5. The van der Waals surface area contributed by atoms with Gasteiger partial charge in [-0.3, -0.25) is 0 Å². The molecule has 0 bridgehead atoms. The van der Waals surface area contributed by atoms with Crippen molar-refractivity contribution in [1.29, 1.82) is 0 Å². The first-order chi connectivity index (χ1) is 7.36. The van der Waals surface area contributed by atoms with Crippen molar-refractivity contribution in [2.24, 2.45) is 0 Å². The summed E-state index contributed by atoms with van der Waals surface area (Å²) < 4.78 is 0. The molecule has 0 aliphatic rings. The number of nitrogens with zero attached hydrogens (tertiary/aromatic N) is 1. The number of H-pyrrole nitrogens is 1. The fourth-order valence-corrected chi connectivity index (χ4v) is 1.81. The van der Waals surface area contributed by atoms with E-state index < -0.39 is 0 Å². The van der Waals surface area contributed by atoms with Crippen molar-refractivity contribution in [3.63, 3.8) is 0 Å². The van der Waals surface area contributed by atoms with Crippen molar-refractivity contribution in [2.75, 3.05) is 0 Å². The van der Waals surface area contributed by atoms with Gasteiger partial charge in [0.05, 0.1) is 5.88 Å². The van der Waals surface area contributed by atoms with Gasteiger partial charge in [0, 0.05) is 18.3 Å². The number of alkyl halides is 1. The van der Waals surface area contributed by atoms with Gasteiger partial charge in [0.15, 0.2) is 0 Å². The maximum absolute atomic E-state index is 5.69. The second kappa shape index (κ2) is 7.75. The number of aryl methyl sites for hydroxylation is 1. The van der Waals surface area contributed by atoms with Gasteiger partial charge >= 0.3 is 0 Å². The summed E-state index contributed by atoms with van der Waals surface area (Å²) in [6.07, 6.45) is 10.9. The molecule has 1 aromatic rings. The average Bonchev–Trinajstić information content (AvgIpc) is 2.71. The Kier molecular flexibility index (Phi) is 6.49. The van der Waals surface area contributed by atoms with Crippen molar-refractivity contribution in [3.05, 3.63) is 17.7 Å². The first-order valence-corrected chi connectivity index (χ1v) is 6.49. The minimum Gasteiger partial charge on any atom is -0.345 e. The van der Waals surface area contributed by atoms with Crippen LogP contribution in [0.2, 0.25) is 0 Å². The molecule has 15 heavy (non-hydrogen) atoms. The highest BCUT2D eigenvalue weighted by Crippen LogP contribution is 2.08. The van der Waals surface area contributed by atoms with Gasteiger partial charge in [-0.1, -0.05) is 39.0 Å². The summed E-state index contributed by atoms with van der Waals surface area (Å²) in [5.74, 6) is 1.62. The molecule has 1 heterocycles. The lowest BCUT2D eigenvalue weighted by molar-refractivity contribution is 0.602. The summed E-state index contributed by atoms with van der Waals surface area (Å²) in [6, 6.07) is 0. The van der Waals surface area contributed by atoms with E-state index in [0.29, 0.717) is 5.88 Å². The fourth-order valence-electron chi connectivity index (χ4n) is 1.67. The molecule has 3 heteroatoms. The molecule has 0 saturated heterocycles. The number of aromatic nitrogens is 2. The van der Waals surface area contributed by atoms with Crippen molar-refractivity contribution in [3.8, 4) is 0 Å². The number of hydrogen-bond donors (Lipinski definition) is 1. The molecule has 1 rings (SSSR count). The van der Waals surface area contributed by atoms with E-state index in [2.05, 4.69) is 16.9 Å². The fraction of sp³-hybridized carbons (Fsp3) is 0.750. The summed E-state index contributed by atoms with van der Waals surface area (Å²) in [5, 5.41) is 0. The third-order valence-corrected chi connectivity index (χ3v) is 2.88. The van der Waals surface area contributed by atoms with E-state index in [4.69, 9.17) is 11.6 Å². The third kappa shape index (κ3) is 5.22. The summed E-state index contributed by atoms with van der Waals surface area (Å²) in [6.45, 7) is 2.25. The van der Waals surface area contributed by atoms with E-state index >= 15 is 0 Å². The van der Waals surface area contributed by atoms with Gasteiger partial charge in [0.1, 0.15) is 5.82 Å². The van der Waals surface area contributed by atoms with Gasteiger partial charge in [-0.25, -0.2) is 4.98 Å². The van der Waals surface area contributed by atoms with Gasteiger partial charge in [-0.2, -0.15) is 0 Å². The Morgan fingerprint density at radius 1 is 1.20 bits per heavy atom. The van der Waals surface area contributed by atoms with E-state index in [0.717, 1.165) is 17.9 Å². The Bertz CT molecular complexity index is 258. The summed E-state index contributed by atoms with van der Waals surface area (Å²) >= 11 is 5.69. The van der Waals surface area contributed by atoms with Crippen LogP contribution in [-0.4, -0.2) is 9.97 Å². The lowest BCUT2D eigenvalue weighted by Gasteiger charge is -1.98. The molecule has 0 fully saturated rings. The van der Waals surface area contributed by atoms with Crippen molar-refractivity contribution in [1.82, 2.24) is 9.97 Å². The number of aromatic amines is 1. The molecule has 0 atom stereocenters. The van der Waals surface area contributed by atoms with Gasteiger partial charge in [0.2, 0.25) is 0 Å². The van der Waals surface area contributed by atoms with Crippen molar-refractivity contribution < 1.29 is 0 Å². The lowest BCUT2D eigenvalue weighted by atomic mass is 10.1. The minimum absolute atomic E-state index is 0.531. The predicted molar refractivity (Wildman–Crippen MR) is 65.2 cm³/mol. The molecule has 0 spiro atoms. The molecular formula is C12H21ClN2. The van der Waals surface area contributed by atoms with Crippen LogP contribution in [0.5, 0.6) is 0 Å². The van der Waals surface area contributed by atoms with Crippen molar-refractivity contribution >= 4 is 11.6 Å². The molecule has 0 aliphatic heterocycles. The van der Waals surface area contributed by atoms with E-state index in [-0.39, 0.29) is 0 Å². The molecule has 0 radical (unpaired) electrons. The normalized spacial score (nSPS) is 10.8. The number of hydrogen-bond acceptors (Lipinski definition) is 1. The minimum atomic E-state index is 0.531. The highest BCUT2D eigenvalue weighted by Gasteiger charge is 1.99. The first-order valence-electron chi connectivity index (χ1n) is 5.95. The molecule has 0 saturated carbocycles. The Balaban J connectivity index is 2.04. The van der Waals surface area contributed by atoms with Crippen LogP contribution in [0.4, 0.5) is 0 Å².